The van der Waals surface area contributed by atoms with Crippen molar-refractivity contribution in [1.82, 2.24) is 15.0 Å². The SMILES string of the molecule is CCOCCOCCOCCOCCc1cnnn1C. The van der Waals surface area contributed by atoms with Crippen LogP contribution in [-0.2, 0) is 32.4 Å². The number of rotatable bonds is 13. The molecule has 0 saturated heterocycles. The lowest BCUT2D eigenvalue weighted by atomic mass is 10.3. The van der Waals surface area contributed by atoms with E-state index in [1.807, 2.05) is 14.0 Å². The van der Waals surface area contributed by atoms with Crippen LogP contribution < -0.4 is 0 Å². The van der Waals surface area contributed by atoms with E-state index in [1.54, 1.807) is 10.9 Å². The summed E-state index contributed by atoms with van der Waals surface area (Å²) in [5.74, 6) is 0. The molecular weight excluding hydrogens is 262 g/mol. The molecule has 7 heteroatoms. The van der Waals surface area contributed by atoms with Crippen molar-refractivity contribution in [3.63, 3.8) is 0 Å². The molecule has 1 rings (SSSR count). The molecule has 1 aromatic heterocycles. The first kappa shape index (κ1) is 17.0. The van der Waals surface area contributed by atoms with Crippen LogP contribution in [0.5, 0.6) is 0 Å². The Morgan fingerprint density at radius 2 is 1.45 bits per heavy atom. The summed E-state index contributed by atoms with van der Waals surface area (Å²) in [6, 6.07) is 0. The fourth-order valence-corrected chi connectivity index (χ4v) is 1.52. The molecule has 0 N–H and O–H groups in total. The molecule has 0 saturated carbocycles. The zero-order valence-electron chi connectivity index (χ0n) is 12.4. The number of hydrogen-bond donors (Lipinski definition) is 0. The number of ether oxygens (including phenoxy) is 4. The van der Waals surface area contributed by atoms with Crippen LogP contribution in [0.1, 0.15) is 12.6 Å². The summed E-state index contributed by atoms with van der Waals surface area (Å²) in [5, 5.41) is 7.66. The van der Waals surface area contributed by atoms with E-state index in [0.717, 1.165) is 18.7 Å². The molecule has 0 aromatic carbocycles. The largest absolute Gasteiger partial charge is 0.379 e. The van der Waals surface area contributed by atoms with Crippen molar-refractivity contribution >= 4 is 0 Å². The van der Waals surface area contributed by atoms with Crippen LogP contribution in [0.25, 0.3) is 0 Å². The van der Waals surface area contributed by atoms with Crippen LogP contribution in [-0.4, -0.2) is 67.8 Å². The molecule has 0 fully saturated rings. The van der Waals surface area contributed by atoms with Crippen molar-refractivity contribution < 1.29 is 18.9 Å². The van der Waals surface area contributed by atoms with Gasteiger partial charge in [0.2, 0.25) is 0 Å². The topological polar surface area (TPSA) is 67.6 Å². The molecule has 1 aromatic rings. The van der Waals surface area contributed by atoms with E-state index in [0.29, 0.717) is 46.2 Å². The van der Waals surface area contributed by atoms with Crippen molar-refractivity contribution in [1.29, 1.82) is 0 Å². The van der Waals surface area contributed by atoms with Gasteiger partial charge in [-0.25, -0.2) is 0 Å². The standard InChI is InChI=1S/C13H25N3O4/c1-3-17-6-7-19-10-11-20-9-8-18-5-4-13-12-14-15-16(13)2/h12H,3-11H2,1-2H3. The molecule has 0 aliphatic carbocycles. The molecule has 0 radical (unpaired) electrons. The summed E-state index contributed by atoms with van der Waals surface area (Å²) in [4.78, 5) is 0. The summed E-state index contributed by atoms with van der Waals surface area (Å²) < 4.78 is 23.1. The Morgan fingerprint density at radius 3 is 1.95 bits per heavy atom. The first-order chi connectivity index (χ1) is 9.84. The molecule has 0 atom stereocenters. The van der Waals surface area contributed by atoms with Gasteiger partial charge in [-0.05, 0) is 6.92 Å². The van der Waals surface area contributed by atoms with Crippen molar-refractivity contribution in [2.75, 3.05) is 52.9 Å². The Balaban J connectivity index is 1.78. The van der Waals surface area contributed by atoms with Gasteiger partial charge in [-0.1, -0.05) is 5.21 Å². The van der Waals surface area contributed by atoms with Gasteiger partial charge < -0.3 is 18.9 Å². The van der Waals surface area contributed by atoms with E-state index in [9.17, 15) is 0 Å². The van der Waals surface area contributed by atoms with Gasteiger partial charge in [0.25, 0.3) is 0 Å². The van der Waals surface area contributed by atoms with Crippen LogP contribution in [0.4, 0.5) is 0 Å². The third-order valence-corrected chi connectivity index (χ3v) is 2.63. The Morgan fingerprint density at radius 1 is 0.900 bits per heavy atom. The first-order valence-electron chi connectivity index (χ1n) is 6.99. The molecular formula is C13H25N3O4. The Labute approximate surface area is 120 Å². The van der Waals surface area contributed by atoms with Gasteiger partial charge in [0.15, 0.2) is 0 Å². The normalized spacial score (nSPS) is 11.1. The lowest BCUT2D eigenvalue weighted by molar-refractivity contribution is -0.000240. The number of nitrogens with zero attached hydrogens (tertiary/aromatic N) is 3. The van der Waals surface area contributed by atoms with Gasteiger partial charge >= 0.3 is 0 Å². The summed E-state index contributed by atoms with van der Waals surface area (Å²) in [6.45, 7) is 6.95. The quantitative estimate of drug-likeness (QED) is 0.491. The highest BCUT2D eigenvalue weighted by molar-refractivity contribution is 4.92. The second-order valence-electron chi connectivity index (χ2n) is 4.13. The molecule has 0 amide bonds. The smallest absolute Gasteiger partial charge is 0.0725 e. The van der Waals surface area contributed by atoms with Gasteiger partial charge in [-0.3, -0.25) is 4.68 Å². The van der Waals surface area contributed by atoms with E-state index in [2.05, 4.69) is 10.3 Å². The Hall–Kier alpha value is -1.02. The van der Waals surface area contributed by atoms with E-state index in [1.165, 1.54) is 0 Å². The van der Waals surface area contributed by atoms with Gasteiger partial charge in [-0.2, -0.15) is 0 Å². The molecule has 116 valence electrons. The summed E-state index contributed by atoms with van der Waals surface area (Å²) in [7, 11) is 1.87. The maximum atomic E-state index is 5.47. The lowest BCUT2D eigenvalue weighted by Gasteiger charge is -2.07. The van der Waals surface area contributed by atoms with Crippen molar-refractivity contribution in [2.24, 2.45) is 7.05 Å². The van der Waals surface area contributed by atoms with Crippen molar-refractivity contribution in [3.05, 3.63) is 11.9 Å². The van der Waals surface area contributed by atoms with Crippen LogP contribution in [0.3, 0.4) is 0 Å². The van der Waals surface area contributed by atoms with E-state index in [-0.39, 0.29) is 0 Å². The maximum Gasteiger partial charge on any atom is 0.0725 e. The minimum atomic E-state index is 0.582. The Kier molecular flexibility index (Phi) is 10.0. The van der Waals surface area contributed by atoms with Crippen LogP contribution in [0.15, 0.2) is 6.20 Å². The fourth-order valence-electron chi connectivity index (χ4n) is 1.52. The predicted molar refractivity (Wildman–Crippen MR) is 73.7 cm³/mol. The molecule has 0 unspecified atom stereocenters. The minimum Gasteiger partial charge on any atom is -0.379 e. The van der Waals surface area contributed by atoms with E-state index >= 15 is 0 Å². The fraction of sp³-hybridized carbons (Fsp3) is 0.846. The average Bonchev–Trinajstić information content (AvgIpc) is 2.85. The lowest BCUT2D eigenvalue weighted by Crippen LogP contribution is -2.12. The minimum absolute atomic E-state index is 0.582. The predicted octanol–water partition coefficient (Wildman–Crippen LogP) is 0.444. The van der Waals surface area contributed by atoms with Gasteiger partial charge in [-0.15, -0.1) is 5.10 Å². The zero-order valence-corrected chi connectivity index (χ0v) is 12.4. The second-order valence-corrected chi connectivity index (χ2v) is 4.13. The number of aromatic nitrogens is 3. The van der Waals surface area contributed by atoms with Crippen molar-refractivity contribution in [3.8, 4) is 0 Å². The number of hydrogen-bond acceptors (Lipinski definition) is 6. The second kappa shape index (κ2) is 11.8. The molecule has 0 bridgehead atoms. The molecule has 20 heavy (non-hydrogen) atoms. The van der Waals surface area contributed by atoms with Crippen LogP contribution in [0.2, 0.25) is 0 Å². The zero-order chi connectivity index (χ0) is 14.5. The Bertz CT molecular complexity index is 333. The third kappa shape index (κ3) is 8.21. The van der Waals surface area contributed by atoms with Crippen LogP contribution in [0, 0.1) is 0 Å². The molecule has 0 aliphatic rings. The van der Waals surface area contributed by atoms with Gasteiger partial charge in [0.1, 0.15) is 0 Å². The summed E-state index contributed by atoms with van der Waals surface area (Å²) >= 11 is 0. The molecule has 0 spiro atoms. The summed E-state index contributed by atoms with van der Waals surface area (Å²) in [5.41, 5.74) is 1.06. The van der Waals surface area contributed by atoms with Gasteiger partial charge in [0, 0.05) is 20.1 Å². The highest BCUT2D eigenvalue weighted by atomic mass is 16.6. The van der Waals surface area contributed by atoms with Crippen molar-refractivity contribution in [2.45, 2.75) is 13.3 Å². The first-order valence-corrected chi connectivity index (χ1v) is 6.99. The third-order valence-electron chi connectivity index (χ3n) is 2.63. The highest BCUT2D eigenvalue weighted by Gasteiger charge is 1.99. The van der Waals surface area contributed by atoms with Gasteiger partial charge in [0.05, 0.1) is 58.1 Å². The maximum absolute atomic E-state index is 5.47. The highest BCUT2D eigenvalue weighted by Crippen LogP contribution is 1.95. The summed E-state index contributed by atoms with van der Waals surface area (Å²) in [6.07, 6.45) is 2.56. The van der Waals surface area contributed by atoms with Crippen LogP contribution >= 0.6 is 0 Å². The molecule has 7 nitrogen and oxygen atoms in total. The average molecular weight is 287 g/mol. The monoisotopic (exact) mass is 287 g/mol. The molecule has 1 heterocycles. The number of aryl methyl sites for hydroxylation is 1. The van der Waals surface area contributed by atoms with E-state index in [4.69, 9.17) is 18.9 Å². The van der Waals surface area contributed by atoms with E-state index < -0.39 is 0 Å². The molecule has 0 aliphatic heterocycles.